The van der Waals surface area contributed by atoms with E-state index < -0.39 is 5.60 Å². The number of ether oxygens (including phenoxy) is 2. The summed E-state index contributed by atoms with van der Waals surface area (Å²) in [7, 11) is 0. The molecule has 3 aromatic heterocycles. The van der Waals surface area contributed by atoms with Gasteiger partial charge in [0.25, 0.3) is 0 Å². The molecule has 1 aliphatic heterocycles. The van der Waals surface area contributed by atoms with Crippen LogP contribution in [0.3, 0.4) is 0 Å². The minimum atomic E-state index is -0.544. The van der Waals surface area contributed by atoms with E-state index in [9.17, 15) is 4.79 Å². The van der Waals surface area contributed by atoms with Crippen LogP contribution in [0.1, 0.15) is 20.8 Å². The molecule has 1 fully saturated rings. The van der Waals surface area contributed by atoms with Crippen molar-refractivity contribution in [1.82, 2.24) is 19.5 Å². The predicted octanol–water partition coefficient (Wildman–Crippen LogP) is 4.20. The van der Waals surface area contributed by atoms with Gasteiger partial charge in [0.2, 0.25) is 0 Å². The van der Waals surface area contributed by atoms with E-state index in [1.807, 2.05) is 39.0 Å². The van der Waals surface area contributed by atoms with Crippen molar-refractivity contribution < 1.29 is 14.3 Å². The number of nitrogens with one attached hydrogen (secondary N) is 1. The highest BCUT2D eigenvalue weighted by atomic mass is 16.6. The van der Waals surface area contributed by atoms with E-state index in [1.165, 1.54) is 4.57 Å². The average molecular weight is 419 g/mol. The maximum atomic E-state index is 12.5. The first-order chi connectivity index (χ1) is 14.9. The van der Waals surface area contributed by atoms with Crippen LogP contribution in [0.2, 0.25) is 0 Å². The fraction of sp³-hybridized carbons (Fsp3) is 0.348. The Morgan fingerprint density at radius 3 is 2.71 bits per heavy atom. The van der Waals surface area contributed by atoms with Crippen LogP contribution in [-0.2, 0) is 9.47 Å². The minimum Gasteiger partial charge on any atom is -0.443 e. The number of hydrogen-bond donors (Lipinski definition) is 1. The highest BCUT2D eigenvalue weighted by molar-refractivity contribution is 5.95. The largest absolute Gasteiger partial charge is 0.443 e. The van der Waals surface area contributed by atoms with Gasteiger partial charge in [-0.25, -0.2) is 14.8 Å². The predicted molar refractivity (Wildman–Crippen MR) is 119 cm³/mol. The van der Waals surface area contributed by atoms with E-state index in [4.69, 9.17) is 9.47 Å². The summed E-state index contributed by atoms with van der Waals surface area (Å²) in [6.45, 7) is 8.62. The van der Waals surface area contributed by atoms with Crippen molar-refractivity contribution in [3.8, 4) is 11.3 Å². The van der Waals surface area contributed by atoms with Crippen LogP contribution in [0.4, 0.5) is 10.6 Å². The quantitative estimate of drug-likeness (QED) is 0.524. The molecule has 5 rings (SSSR count). The van der Waals surface area contributed by atoms with Gasteiger partial charge in [0.15, 0.2) is 0 Å². The summed E-state index contributed by atoms with van der Waals surface area (Å²) in [5, 5.41) is 1.95. The maximum Gasteiger partial charge on any atom is 0.418 e. The molecule has 0 amide bonds. The van der Waals surface area contributed by atoms with E-state index >= 15 is 0 Å². The van der Waals surface area contributed by atoms with Gasteiger partial charge in [-0.2, -0.15) is 0 Å². The van der Waals surface area contributed by atoms with Crippen molar-refractivity contribution >= 4 is 33.8 Å². The van der Waals surface area contributed by atoms with Gasteiger partial charge in [-0.1, -0.05) is 6.07 Å². The number of anilines is 1. The zero-order valence-electron chi connectivity index (χ0n) is 17.9. The van der Waals surface area contributed by atoms with Crippen molar-refractivity contribution in [2.45, 2.75) is 26.4 Å². The number of aromatic nitrogens is 4. The smallest absolute Gasteiger partial charge is 0.418 e. The van der Waals surface area contributed by atoms with Gasteiger partial charge in [-0.3, -0.25) is 4.57 Å². The number of benzene rings is 1. The van der Waals surface area contributed by atoms with Crippen LogP contribution >= 0.6 is 0 Å². The van der Waals surface area contributed by atoms with Gasteiger partial charge < -0.3 is 19.4 Å². The second-order valence-corrected chi connectivity index (χ2v) is 8.68. The number of aromatic amines is 1. The molecule has 0 bridgehead atoms. The highest BCUT2D eigenvalue weighted by Gasteiger charge is 2.20. The summed E-state index contributed by atoms with van der Waals surface area (Å²) in [5.74, 6) is 0.924. The molecular weight excluding hydrogens is 394 g/mol. The SMILES string of the molecule is CC(C)(C)OC(=O)n1ccc2cc(-c3cc4c(N5CCOCC5)ncnc4[nH]3)ccc21. The second-order valence-electron chi connectivity index (χ2n) is 8.68. The van der Waals surface area contributed by atoms with Gasteiger partial charge in [0, 0.05) is 30.4 Å². The fourth-order valence-electron chi connectivity index (χ4n) is 3.89. The van der Waals surface area contributed by atoms with Crippen LogP contribution < -0.4 is 4.90 Å². The molecule has 1 N–H and O–H groups in total. The molecule has 4 aromatic rings. The van der Waals surface area contributed by atoms with Gasteiger partial charge in [-0.05, 0) is 50.6 Å². The Kier molecular flexibility index (Phi) is 4.66. The van der Waals surface area contributed by atoms with E-state index in [2.05, 4.69) is 32.0 Å². The summed E-state index contributed by atoms with van der Waals surface area (Å²) < 4.78 is 12.5. The lowest BCUT2D eigenvalue weighted by Gasteiger charge is -2.27. The lowest BCUT2D eigenvalue weighted by Crippen LogP contribution is -2.36. The molecule has 31 heavy (non-hydrogen) atoms. The summed E-state index contributed by atoms with van der Waals surface area (Å²) in [6, 6.07) is 10.0. The van der Waals surface area contributed by atoms with Gasteiger partial charge in [0.1, 0.15) is 23.4 Å². The van der Waals surface area contributed by atoms with Gasteiger partial charge in [-0.15, -0.1) is 0 Å². The Morgan fingerprint density at radius 1 is 1.13 bits per heavy atom. The number of rotatable bonds is 2. The van der Waals surface area contributed by atoms with E-state index in [0.29, 0.717) is 13.2 Å². The van der Waals surface area contributed by atoms with Crippen LogP contribution in [0.15, 0.2) is 42.9 Å². The first-order valence-corrected chi connectivity index (χ1v) is 10.4. The zero-order chi connectivity index (χ0) is 21.6. The summed E-state index contributed by atoms with van der Waals surface area (Å²) in [5.41, 5.74) is 3.04. The molecule has 0 radical (unpaired) electrons. The number of hydrogen-bond acceptors (Lipinski definition) is 6. The van der Waals surface area contributed by atoms with Crippen LogP contribution in [0, 0.1) is 0 Å². The molecule has 160 valence electrons. The second kappa shape index (κ2) is 7.39. The molecule has 4 heterocycles. The van der Waals surface area contributed by atoms with E-state index in [1.54, 1.807) is 12.5 Å². The van der Waals surface area contributed by atoms with Crippen molar-refractivity contribution in [3.63, 3.8) is 0 Å². The number of morpholine rings is 1. The van der Waals surface area contributed by atoms with Crippen molar-refractivity contribution in [2.75, 3.05) is 31.2 Å². The third-order valence-electron chi connectivity index (χ3n) is 5.31. The molecular formula is C23H25N5O3. The normalized spacial score (nSPS) is 15.0. The highest BCUT2D eigenvalue weighted by Crippen LogP contribution is 2.31. The standard InChI is InChI=1S/C23H25N5O3/c1-23(2,3)31-22(29)28-7-6-16-12-15(4-5-19(16)28)18-13-17-20(26-18)24-14-25-21(17)27-8-10-30-11-9-27/h4-7,12-14H,8-11H2,1-3H3,(H,24,25,26). The molecule has 0 spiro atoms. The first-order valence-electron chi connectivity index (χ1n) is 10.4. The number of carbonyl (C=O) groups is 1. The minimum absolute atomic E-state index is 0.383. The van der Waals surface area contributed by atoms with Crippen LogP contribution in [0.25, 0.3) is 33.2 Å². The Labute approximate surface area is 179 Å². The molecule has 1 aromatic carbocycles. The summed E-state index contributed by atoms with van der Waals surface area (Å²) >= 11 is 0. The molecule has 1 aliphatic rings. The number of nitrogens with zero attached hydrogens (tertiary/aromatic N) is 4. The Balaban J connectivity index is 1.50. The lowest BCUT2D eigenvalue weighted by atomic mass is 10.1. The number of fused-ring (bicyclic) bond motifs is 2. The van der Waals surface area contributed by atoms with E-state index in [0.717, 1.165) is 52.1 Å². The first kappa shape index (κ1) is 19.6. The molecule has 0 unspecified atom stereocenters. The molecule has 0 saturated carbocycles. The van der Waals surface area contributed by atoms with Crippen LogP contribution in [0.5, 0.6) is 0 Å². The zero-order valence-corrected chi connectivity index (χ0v) is 17.9. The monoisotopic (exact) mass is 419 g/mol. The Hall–Kier alpha value is -3.39. The molecule has 8 nitrogen and oxygen atoms in total. The van der Waals surface area contributed by atoms with Crippen molar-refractivity contribution in [1.29, 1.82) is 0 Å². The Bertz CT molecular complexity index is 1260. The number of H-pyrrole nitrogens is 1. The molecule has 0 aliphatic carbocycles. The Morgan fingerprint density at radius 2 is 1.94 bits per heavy atom. The third kappa shape index (κ3) is 3.74. The summed E-state index contributed by atoms with van der Waals surface area (Å²) in [4.78, 5) is 27.1. The van der Waals surface area contributed by atoms with Gasteiger partial charge >= 0.3 is 6.09 Å². The van der Waals surface area contributed by atoms with Gasteiger partial charge in [0.05, 0.1) is 24.1 Å². The van der Waals surface area contributed by atoms with Crippen LogP contribution in [-0.4, -0.2) is 57.5 Å². The van der Waals surface area contributed by atoms with E-state index in [-0.39, 0.29) is 6.09 Å². The van der Waals surface area contributed by atoms with Crippen molar-refractivity contribution in [2.24, 2.45) is 0 Å². The van der Waals surface area contributed by atoms with Crippen molar-refractivity contribution in [3.05, 3.63) is 42.9 Å². The summed E-state index contributed by atoms with van der Waals surface area (Å²) in [6.07, 6.45) is 2.96. The lowest BCUT2D eigenvalue weighted by molar-refractivity contribution is 0.0544. The molecule has 0 atom stereocenters. The molecule has 1 saturated heterocycles. The average Bonchev–Trinajstić information content (AvgIpc) is 3.36. The third-order valence-corrected chi connectivity index (χ3v) is 5.31. The number of carbonyl (C=O) groups excluding carboxylic acids is 1. The fourth-order valence-corrected chi connectivity index (χ4v) is 3.89. The topological polar surface area (TPSA) is 85.3 Å². The molecule has 8 heteroatoms. The maximum absolute atomic E-state index is 12.5.